The van der Waals surface area contributed by atoms with Gasteiger partial charge in [-0.15, -0.1) is 0 Å². The van der Waals surface area contributed by atoms with E-state index >= 15 is 0 Å². The first-order valence-corrected chi connectivity index (χ1v) is 4.80. The SMILES string of the molecule is COCCC(N)C(=O)NC(CO)COC. The van der Waals surface area contributed by atoms with Crippen molar-refractivity contribution in [3.63, 3.8) is 0 Å². The second-order valence-electron chi connectivity index (χ2n) is 3.23. The van der Waals surface area contributed by atoms with Crippen molar-refractivity contribution in [2.45, 2.75) is 18.5 Å². The van der Waals surface area contributed by atoms with Crippen LogP contribution in [0.2, 0.25) is 0 Å². The van der Waals surface area contributed by atoms with Crippen molar-refractivity contribution < 1.29 is 19.4 Å². The molecule has 0 radical (unpaired) electrons. The molecule has 0 aliphatic rings. The molecule has 90 valence electrons. The Hall–Kier alpha value is -0.690. The molecule has 0 fully saturated rings. The predicted octanol–water partition coefficient (Wildman–Crippen LogP) is -1.53. The van der Waals surface area contributed by atoms with Crippen LogP contribution in [0.1, 0.15) is 6.42 Å². The van der Waals surface area contributed by atoms with E-state index in [2.05, 4.69) is 5.32 Å². The first-order chi connectivity index (χ1) is 7.15. The van der Waals surface area contributed by atoms with Crippen LogP contribution >= 0.6 is 0 Å². The predicted molar refractivity (Wildman–Crippen MR) is 55.4 cm³/mol. The molecule has 2 atom stereocenters. The molecule has 0 aliphatic heterocycles. The van der Waals surface area contributed by atoms with E-state index in [1.165, 1.54) is 7.11 Å². The fraction of sp³-hybridized carbons (Fsp3) is 0.889. The van der Waals surface area contributed by atoms with Gasteiger partial charge >= 0.3 is 0 Å². The zero-order valence-electron chi connectivity index (χ0n) is 9.23. The number of aliphatic hydroxyl groups excluding tert-OH is 1. The van der Waals surface area contributed by atoms with E-state index in [0.717, 1.165) is 0 Å². The molecule has 0 aromatic rings. The van der Waals surface area contributed by atoms with Crippen LogP contribution in [0.25, 0.3) is 0 Å². The van der Waals surface area contributed by atoms with E-state index in [-0.39, 0.29) is 19.1 Å². The van der Waals surface area contributed by atoms with E-state index in [9.17, 15) is 4.79 Å². The van der Waals surface area contributed by atoms with E-state index in [1.807, 2.05) is 0 Å². The summed E-state index contributed by atoms with van der Waals surface area (Å²) in [7, 11) is 3.05. The third-order valence-corrected chi connectivity index (χ3v) is 1.90. The van der Waals surface area contributed by atoms with Gasteiger partial charge in [-0.2, -0.15) is 0 Å². The highest BCUT2D eigenvalue weighted by atomic mass is 16.5. The number of nitrogens with one attached hydrogen (secondary N) is 1. The maximum absolute atomic E-state index is 11.4. The van der Waals surface area contributed by atoms with Crippen LogP contribution < -0.4 is 11.1 Å². The summed E-state index contributed by atoms with van der Waals surface area (Å²) >= 11 is 0. The van der Waals surface area contributed by atoms with Crippen molar-refractivity contribution in [2.24, 2.45) is 5.73 Å². The molecule has 0 saturated heterocycles. The summed E-state index contributed by atoms with van der Waals surface area (Å²) in [4.78, 5) is 11.4. The molecule has 6 heteroatoms. The molecule has 15 heavy (non-hydrogen) atoms. The Kier molecular flexibility index (Phi) is 8.21. The molecule has 0 heterocycles. The summed E-state index contributed by atoms with van der Waals surface area (Å²) in [6, 6.07) is -1.02. The van der Waals surface area contributed by atoms with Crippen LogP contribution in [0.5, 0.6) is 0 Å². The Morgan fingerprint density at radius 1 is 1.47 bits per heavy atom. The summed E-state index contributed by atoms with van der Waals surface area (Å²) in [5.74, 6) is -0.303. The largest absolute Gasteiger partial charge is 0.394 e. The number of amides is 1. The first kappa shape index (κ1) is 14.3. The van der Waals surface area contributed by atoms with Crippen LogP contribution in [0.4, 0.5) is 0 Å². The lowest BCUT2D eigenvalue weighted by Crippen LogP contribution is -2.48. The standard InChI is InChI=1S/C9H20N2O4/c1-14-4-3-8(10)9(13)11-7(5-12)6-15-2/h7-8,12H,3-6,10H2,1-2H3,(H,11,13). The number of carbonyl (C=O) groups is 1. The van der Waals surface area contributed by atoms with Crippen LogP contribution in [-0.2, 0) is 14.3 Å². The number of nitrogens with two attached hydrogens (primary N) is 1. The van der Waals surface area contributed by atoms with Crippen molar-refractivity contribution in [3.8, 4) is 0 Å². The van der Waals surface area contributed by atoms with Gasteiger partial charge in [-0.25, -0.2) is 0 Å². The second kappa shape index (κ2) is 8.60. The van der Waals surface area contributed by atoms with E-state index in [1.54, 1.807) is 7.11 Å². The summed E-state index contributed by atoms with van der Waals surface area (Å²) in [5, 5.41) is 11.5. The molecule has 4 N–H and O–H groups in total. The highest BCUT2D eigenvalue weighted by Crippen LogP contribution is 1.91. The van der Waals surface area contributed by atoms with Gasteiger partial charge in [-0.3, -0.25) is 4.79 Å². The van der Waals surface area contributed by atoms with Crippen LogP contribution in [0.15, 0.2) is 0 Å². The van der Waals surface area contributed by atoms with Gasteiger partial charge in [0.1, 0.15) is 0 Å². The number of methoxy groups -OCH3 is 2. The summed E-state index contributed by atoms with van der Waals surface area (Å²) < 4.78 is 9.62. The first-order valence-electron chi connectivity index (χ1n) is 4.80. The minimum atomic E-state index is -0.615. The van der Waals surface area contributed by atoms with Crippen LogP contribution in [-0.4, -0.2) is 57.1 Å². The number of ether oxygens (including phenoxy) is 2. The maximum atomic E-state index is 11.4. The lowest BCUT2D eigenvalue weighted by Gasteiger charge is -2.18. The Morgan fingerprint density at radius 2 is 2.13 bits per heavy atom. The lowest BCUT2D eigenvalue weighted by atomic mass is 10.2. The van der Waals surface area contributed by atoms with Crippen molar-refractivity contribution in [3.05, 3.63) is 0 Å². The quantitative estimate of drug-likeness (QED) is 0.461. The van der Waals surface area contributed by atoms with Crippen molar-refractivity contribution in [2.75, 3.05) is 34.0 Å². The fourth-order valence-electron chi connectivity index (χ4n) is 1.03. The fourth-order valence-corrected chi connectivity index (χ4v) is 1.03. The summed E-state index contributed by atoms with van der Waals surface area (Å²) in [6.07, 6.45) is 0.452. The zero-order valence-corrected chi connectivity index (χ0v) is 9.23. The smallest absolute Gasteiger partial charge is 0.237 e. The molecule has 0 rings (SSSR count). The van der Waals surface area contributed by atoms with Gasteiger partial charge in [0.15, 0.2) is 0 Å². The maximum Gasteiger partial charge on any atom is 0.237 e. The highest BCUT2D eigenvalue weighted by Gasteiger charge is 2.17. The van der Waals surface area contributed by atoms with Crippen LogP contribution in [0.3, 0.4) is 0 Å². The average molecular weight is 220 g/mol. The van der Waals surface area contributed by atoms with E-state index in [4.69, 9.17) is 20.3 Å². The van der Waals surface area contributed by atoms with Gasteiger partial charge in [-0.1, -0.05) is 0 Å². The Bertz CT molecular complexity index is 177. The molecule has 0 spiro atoms. The monoisotopic (exact) mass is 220 g/mol. The summed E-state index contributed by atoms with van der Waals surface area (Å²) in [5.41, 5.74) is 5.59. The molecule has 6 nitrogen and oxygen atoms in total. The van der Waals surface area contributed by atoms with Crippen molar-refractivity contribution >= 4 is 5.91 Å². The Morgan fingerprint density at radius 3 is 2.60 bits per heavy atom. The number of rotatable bonds is 8. The van der Waals surface area contributed by atoms with Gasteiger partial charge in [0.2, 0.25) is 5.91 Å². The third kappa shape index (κ3) is 6.40. The van der Waals surface area contributed by atoms with Crippen LogP contribution in [0, 0.1) is 0 Å². The van der Waals surface area contributed by atoms with E-state index < -0.39 is 12.1 Å². The van der Waals surface area contributed by atoms with Crippen molar-refractivity contribution in [1.82, 2.24) is 5.32 Å². The number of aliphatic hydroxyl groups is 1. The molecule has 0 saturated carbocycles. The minimum absolute atomic E-state index is 0.170. The van der Waals surface area contributed by atoms with Gasteiger partial charge in [0, 0.05) is 20.8 Å². The molecular formula is C9H20N2O4. The molecule has 1 amide bonds. The van der Waals surface area contributed by atoms with Gasteiger partial charge in [-0.05, 0) is 6.42 Å². The number of carbonyl (C=O) groups excluding carboxylic acids is 1. The Balaban J connectivity index is 3.87. The topological polar surface area (TPSA) is 93.8 Å². The highest BCUT2D eigenvalue weighted by molar-refractivity contribution is 5.81. The summed E-state index contributed by atoms with van der Waals surface area (Å²) in [6.45, 7) is 0.526. The van der Waals surface area contributed by atoms with E-state index in [0.29, 0.717) is 13.0 Å². The zero-order chi connectivity index (χ0) is 11.7. The van der Waals surface area contributed by atoms with Gasteiger partial charge in [0.25, 0.3) is 0 Å². The Labute approximate surface area is 89.7 Å². The van der Waals surface area contributed by atoms with Crippen molar-refractivity contribution in [1.29, 1.82) is 0 Å². The van der Waals surface area contributed by atoms with Gasteiger partial charge < -0.3 is 25.6 Å². The third-order valence-electron chi connectivity index (χ3n) is 1.90. The lowest BCUT2D eigenvalue weighted by molar-refractivity contribution is -0.124. The molecule has 0 aromatic carbocycles. The molecular weight excluding hydrogens is 200 g/mol. The number of hydrogen-bond donors (Lipinski definition) is 3. The minimum Gasteiger partial charge on any atom is -0.394 e. The molecule has 0 aliphatic carbocycles. The number of hydrogen-bond acceptors (Lipinski definition) is 5. The molecule has 2 unspecified atom stereocenters. The average Bonchev–Trinajstić information content (AvgIpc) is 2.24. The van der Waals surface area contributed by atoms with Gasteiger partial charge in [0.05, 0.1) is 25.3 Å². The molecule has 0 bridgehead atoms. The molecule has 0 aromatic heterocycles. The normalized spacial score (nSPS) is 14.7. The second-order valence-corrected chi connectivity index (χ2v) is 3.23.